The number of hydrogen-bond acceptors (Lipinski definition) is 3. The summed E-state index contributed by atoms with van der Waals surface area (Å²) in [6, 6.07) is 4.59. The third kappa shape index (κ3) is 3.55. The van der Waals surface area contributed by atoms with E-state index in [9.17, 15) is 9.50 Å². The molecule has 3 nitrogen and oxygen atoms in total. The van der Waals surface area contributed by atoms with Crippen molar-refractivity contribution in [2.24, 2.45) is 0 Å². The maximum absolute atomic E-state index is 14.3. The molecule has 1 saturated carbocycles. The van der Waals surface area contributed by atoms with E-state index >= 15 is 0 Å². The Morgan fingerprint density at radius 2 is 1.90 bits per heavy atom. The molecule has 0 aliphatic heterocycles. The first-order chi connectivity index (χ1) is 10.1. The Balaban J connectivity index is 2.31. The van der Waals surface area contributed by atoms with Crippen LogP contribution in [0.1, 0.15) is 57.1 Å². The van der Waals surface area contributed by atoms with Gasteiger partial charge in [-0.1, -0.05) is 25.7 Å². The van der Waals surface area contributed by atoms with Crippen LogP contribution in [0.3, 0.4) is 0 Å². The fraction of sp³-hybridized carbons (Fsp3) is 0.647. The molecule has 1 aromatic carbocycles. The molecule has 1 unspecified atom stereocenters. The smallest absolute Gasteiger partial charge is 0.132 e. The van der Waals surface area contributed by atoms with E-state index in [-0.39, 0.29) is 0 Å². The molecule has 118 valence electrons. The van der Waals surface area contributed by atoms with Gasteiger partial charge in [-0.25, -0.2) is 4.39 Å². The van der Waals surface area contributed by atoms with Gasteiger partial charge in [0.2, 0.25) is 0 Å². The van der Waals surface area contributed by atoms with Crippen LogP contribution >= 0.6 is 0 Å². The normalized spacial score (nSPS) is 19.8. The summed E-state index contributed by atoms with van der Waals surface area (Å²) in [5.41, 5.74) is -0.369. The van der Waals surface area contributed by atoms with E-state index in [1.807, 2.05) is 6.92 Å². The zero-order valence-corrected chi connectivity index (χ0v) is 12.9. The summed E-state index contributed by atoms with van der Waals surface area (Å²) in [6.07, 6.45) is 4.91. The Hall–Kier alpha value is -1.13. The van der Waals surface area contributed by atoms with Crippen molar-refractivity contribution >= 4 is 0 Å². The molecular formula is C17H25FO3. The van der Waals surface area contributed by atoms with E-state index < -0.39 is 17.5 Å². The second-order valence-corrected chi connectivity index (χ2v) is 5.70. The Bertz CT molecular complexity index is 453. The Kier molecular flexibility index (Phi) is 5.59. The molecule has 1 N–H and O–H groups in total. The fourth-order valence-electron chi connectivity index (χ4n) is 3.25. The van der Waals surface area contributed by atoms with Gasteiger partial charge >= 0.3 is 0 Å². The van der Waals surface area contributed by atoms with Crippen molar-refractivity contribution in [3.8, 4) is 5.75 Å². The summed E-state index contributed by atoms with van der Waals surface area (Å²) >= 11 is 0. The minimum Gasteiger partial charge on any atom is -0.497 e. The summed E-state index contributed by atoms with van der Waals surface area (Å²) in [7, 11) is 1.50. The monoisotopic (exact) mass is 296 g/mol. The van der Waals surface area contributed by atoms with Gasteiger partial charge < -0.3 is 14.6 Å². The molecule has 2 rings (SSSR count). The number of halogens is 1. The first-order valence-corrected chi connectivity index (χ1v) is 7.78. The maximum Gasteiger partial charge on any atom is 0.132 e. The minimum atomic E-state index is -0.943. The Morgan fingerprint density at radius 1 is 1.24 bits per heavy atom. The van der Waals surface area contributed by atoms with E-state index in [1.165, 1.54) is 13.2 Å². The predicted molar refractivity (Wildman–Crippen MR) is 80.0 cm³/mol. The van der Waals surface area contributed by atoms with E-state index in [1.54, 1.807) is 12.1 Å². The summed E-state index contributed by atoms with van der Waals surface area (Å²) in [5.74, 6) is 0.0138. The lowest BCUT2D eigenvalue weighted by Gasteiger charge is -2.37. The van der Waals surface area contributed by atoms with Gasteiger partial charge in [-0.3, -0.25) is 0 Å². The topological polar surface area (TPSA) is 38.7 Å². The molecule has 0 saturated heterocycles. The third-order valence-electron chi connectivity index (χ3n) is 4.38. The lowest BCUT2D eigenvalue weighted by Crippen LogP contribution is -2.39. The standard InChI is InChI=1S/C17H25FO3/c1-3-21-17(10-6-4-5-7-11-17)16(19)14-9-8-13(20-2)12-15(14)18/h8-9,12,16,19H,3-7,10-11H2,1-2H3. The number of aliphatic hydroxyl groups excluding tert-OH is 1. The van der Waals surface area contributed by atoms with Crippen molar-refractivity contribution in [1.29, 1.82) is 0 Å². The average Bonchev–Trinajstić information content (AvgIpc) is 2.73. The fourth-order valence-corrected chi connectivity index (χ4v) is 3.25. The van der Waals surface area contributed by atoms with E-state index in [0.717, 1.165) is 38.5 Å². The highest BCUT2D eigenvalue weighted by Gasteiger charge is 2.40. The molecule has 1 aliphatic carbocycles. The lowest BCUT2D eigenvalue weighted by molar-refractivity contribution is -0.132. The SMILES string of the molecule is CCOC1(C(O)c2ccc(OC)cc2F)CCCCCC1. The largest absolute Gasteiger partial charge is 0.497 e. The number of methoxy groups -OCH3 is 1. The highest BCUT2D eigenvalue weighted by Crippen LogP contribution is 2.41. The van der Waals surface area contributed by atoms with Crippen molar-refractivity contribution in [1.82, 2.24) is 0 Å². The first-order valence-electron chi connectivity index (χ1n) is 7.78. The molecule has 1 atom stereocenters. The first kappa shape index (κ1) is 16.2. The number of ether oxygens (including phenoxy) is 2. The summed E-state index contributed by atoms with van der Waals surface area (Å²) in [6.45, 7) is 2.44. The van der Waals surface area contributed by atoms with E-state index in [4.69, 9.17) is 9.47 Å². The average molecular weight is 296 g/mol. The van der Waals surface area contributed by atoms with Crippen molar-refractivity contribution in [2.75, 3.05) is 13.7 Å². The number of aliphatic hydroxyl groups is 1. The summed E-state index contributed by atoms with van der Waals surface area (Å²) in [4.78, 5) is 0. The zero-order chi connectivity index (χ0) is 15.3. The third-order valence-corrected chi connectivity index (χ3v) is 4.38. The molecule has 0 spiro atoms. The number of rotatable bonds is 5. The van der Waals surface area contributed by atoms with Crippen LogP contribution in [0, 0.1) is 5.82 Å². The van der Waals surface area contributed by atoms with Crippen molar-refractivity contribution < 1.29 is 19.0 Å². The van der Waals surface area contributed by atoms with Gasteiger partial charge in [0.15, 0.2) is 0 Å². The molecule has 1 aromatic rings. The van der Waals surface area contributed by atoms with E-state index in [2.05, 4.69) is 0 Å². The molecule has 4 heteroatoms. The summed E-state index contributed by atoms with van der Waals surface area (Å²) < 4.78 is 25.2. The lowest BCUT2D eigenvalue weighted by atomic mass is 9.84. The van der Waals surface area contributed by atoms with Crippen LogP contribution in [0.2, 0.25) is 0 Å². The molecule has 0 aromatic heterocycles. The van der Waals surface area contributed by atoms with Gasteiger partial charge in [-0.05, 0) is 31.9 Å². The molecule has 0 radical (unpaired) electrons. The van der Waals surface area contributed by atoms with Crippen LogP contribution in [-0.4, -0.2) is 24.4 Å². The van der Waals surface area contributed by atoms with Gasteiger partial charge in [-0.2, -0.15) is 0 Å². The van der Waals surface area contributed by atoms with Crippen LogP contribution in [-0.2, 0) is 4.74 Å². The van der Waals surface area contributed by atoms with E-state index in [0.29, 0.717) is 17.9 Å². The Morgan fingerprint density at radius 3 is 2.43 bits per heavy atom. The molecule has 21 heavy (non-hydrogen) atoms. The molecule has 0 heterocycles. The number of hydrogen-bond donors (Lipinski definition) is 1. The maximum atomic E-state index is 14.3. The van der Waals surface area contributed by atoms with Gasteiger partial charge in [-0.15, -0.1) is 0 Å². The van der Waals surface area contributed by atoms with Crippen molar-refractivity contribution in [3.63, 3.8) is 0 Å². The van der Waals surface area contributed by atoms with Crippen LogP contribution in [0.25, 0.3) is 0 Å². The van der Waals surface area contributed by atoms with Gasteiger partial charge in [0.05, 0.1) is 12.7 Å². The van der Waals surface area contributed by atoms with Gasteiger partial charge in [0.25, 0.3) is 0 Å². The zero-order valence-electron chi connectivity index (χ0n) is 12.9. The highest BCUT2D eigenvalue weighted by atomic mass is 19.1. The van der Waals surface area contributed by atoms with Crippen LogP contribution in [0.4, 0.5) is 4.39 Å². The molecule has 0 amide bonds. The second-order valence-electron chi connectivity index (χ2n) is 5.70. The summed E-state index contributed by atoms with van der Waals surface area (Å²) in [5, 5.41) is 10.8. The molecule has 0 bridgehead atoms. The molecule has 1 aliphatic rings. The highest BCUT2D eigenvalue weighted by molar-refractivity contribution is 5.31. The van der Waals surface area contributed by atoms with Crippen molar-refractivity contribution in [2.45, 2.75) is 57.2 Å². The Labute approximate surface area is 126 Å². The molecule has 1 fully saturated rings. The van der Waals surface area contributed by atoms with Crippen LogP contribution in [0.15, 0.2) is 18.2 Å². The number of benzene rings is 1. The minimum absolute atomic E-state index is 0.297. The van der Waals surface area contributed by atoms with Crippen LogP contribution in [0.5, 0.6) is 5.75 Å². The van der Waals surface area contributed by atoms with Gasteiger partial charge in [0, 0.05) is 18.2 Å². The van der Waals surface area contributed by atoms with Crippen LogP contribution < -0.4 is 4.74 Å². The quantitative estimate of drug-likeness (QED) is 0.835. The molecular weight excluding hydrogens is 271 g/mol. The van der Waals surface area contributed by atoms with Crippen molar-refractivity contribution in [3.05, 3.63) is 29.6 Å². The van der Waals surface area contributed by atoms with Gasteiger partial charge in [0.1, 0.15) is 17.7 Å². The second kappa shape index (κ2) is 7.23. The predicted octanol–water partition coefficient (Wildman–Crippen LogP) is 4.00.